The van der Waals surface area contributed by atoms with Crippen molar-refractivity contribution in [1.82, 2.24) is 0 Å². The Morgan fingerprint density at radius 2 is 2.36 bits per heavy atom. The average Bonchev–Trinajstić information content (AvgIpc) is 2.30. The summed E-state index contributed by atoms with van der Waals surface area (Å²) in [5.74, 6) is 0.717. The fraction of sp³-hybridized carbons (Fsp3) is 0.778. The van der Waals surface area contributed by atoms with Crippen molar-refractivity contribution in [3.63, 3.8) is 0 Å². The second-order valence-corrected chi connectivity index (χ2v) is 3.40. The van der Waals surface area contributed by atoms with Crippen LogP contribution in [0, 0.1) is 11.8 Å². The van der Waals surface area contributed by atoms with Crippen molar-refractivity contribution in [2.24, 2.45) is 11.8 Å². The highest BCUT2D eigenvalue weighted by Crippen LogP contribution is 2.29. The number of ether oxygens (including phenoxy) is 1. The molecule has 64 valence electrons. The monoisotopic (exact) mass is 156 g/mol. The Hall–Kier alpha value is -0.340. The van der Waals surface area contributed by atoms with Crippen LogP contribution in [0.2, 0.25) is 0 Å². The molecule has 0 aromatic heterocycles. The number of rotatable bonds is 2. The summed E-state index contributed by atoms with van der Waals surface area (Å²) >= 11 is 0. The molecule has 1 fully saturated rings. The van der Waals surface area contributed by atoms with Gasteiger partial charge in [0, 0.05) is 12.5 Å². The molecule has 2 nitrogen and oxygen atoms in total. The molecule has 1 aliphatic rings. The van der Waals surface area contributed by atoms with Crippen molar-refractivity contribution in [3.8, 4) is 0 Å². The maximum atomic E-state index is 8.93. The van der Waals surface area contributed by atoms with Crippen LogP contribution in [-0.2, 0) is 4.74 Å². The SMILES string of the molecule is C=C(C)[C@@H]1OC[C@H](CO)[C@@H]1C. The molecule has 11 heavy (non-hydrogen) atoms. The zero-order valence-electron chi connectivity index (χ0n) is 7.21. The second kappa shape index (κ2) is 3.37. The standard InChI is InChI=1S/C9H16O2/c1-6(2)9-7(3)8(4-10)5-11-9/h7-10H,1,4-5H2,2-3H3/t7-,8-,9-/m0/s1. The zero-order chi connectivity index (χ0) is 8.43. The molecule has 0 amide bonds. The Labute approximate surface area is 67.9 Å². The van der Waals surface area contributed by atoms with Crippen molar-refractivity contribution in [3.05, 3.63) is 12.2 Å². The minimum absolute atomic E-state index is 0.159. The van der Waals surface area contributed by atoms with Gasteiger partial charge in [0.15, 0.2) is 0 Å². The summed E-state index contributed by atoms with van der Waals surface area (Å²) in [6, 6.07) is 0. The molecule has 1 heterocycles. The number of aliphatic hydroxyl groups excluding tert-OH is 1. The number of hydrogen-bond acceptors (Lipinski definition) is 2. The van der Waals surface area contributed by atoms with Gasteiger partial charge in [0.2, 0.25) is 0 Å². The van der Waals surface area contributed by atoms with Crippen LogP contribution in [0.4, 0.5) is 0 Å². The van der Waals surface area contributed by atoms with Gasteiger partial charge in [0.25, 0.3) is 0 Å². The van der Waals surface area contributed by atoms with E-state index in [4.69, 9.17) is 9.84 Å². The lowest BCUT2D eigenvalue weighted by atomic mass is 9.91. The number of aliphatic hydroxyl groups is 1. The molecular weight excluding hydrogens is 140 g/mol. The van der Waals surface area contributed by atoms with Gasteiger partial charge in [-0.05, 0) is 12.8 Å². The van der Waals surface area contributed by atoms with Crippen LogP contribution in [0.3, 0.4) is 0 Å². The Morgan fingerprint density at radius 1 is 1.73 bits per heavy atom. The van der Waals surface area contributed by atoms with E-state index in [0.717, 1.165) is 5.57 Å². The highest BCUT2D eigenvalue weighted by atomic mass is 16.5. The molecular formula is C9H16O2. The maximum Gasteiger partial charge on any atom is 0.0809 e. The third-order valence-corrected chi connectivity index (χ3v) is 2.43. The van der Waals surface area contributed by atoms with Gasteiger partial charge >= 0.3 is 0 Å². The summed E-state index contributed by atoms with van der Waals surface area (Å²) in [6.07, 6.45) is 0.159. The smallest absolute Gasteiger partial charge is 0.0809 e. The molecule has 1 aliphatic heterocycles. The maximum absolute atomic E-state index is 8.93. The second-order valence-electron chi connectivity index (χ2n) is 3.40. The van der Waals surface area contributed by atoms with E-state index < -0.39 is 0 Å². The van der Waals surface area contributed by atoms with Crippen molar-refractivity contribution >= 4 is 0 Å². The van der Waals surface area contributed by atoms with E-state index in [2.05, 4.69) is 13.5 Å². The third-order valence-electron chi connectivity index (χ3n) is 2.43. The fourth-order valence-electron chi connectivity index (χ4n) is 1.59. The summed E-state index contributed by atoms with van der Waals surface area (Å²) in [6.45, 7) is 8.83. The van der Waals surface area contributed by atoms with Crippen LogP contribution >= 0.6 is 0 Å². The highest BCUT2D eigenvalue weighted by molar-refractivity contribution is 5.03. The zero-order valence-corrected chi connectivity index (χ0v) is 7.21. The third kappa shape index (κ3) is 1.63. The minimum atomic E-state index is 0.159. The van der Waals surface area contributed by atoms with Gasteiger partial charge in [-0.15, -0.1) is 0 Å². The quantitative estimate of drug-likeness (QED) is 0.609. The highest BCUT2D eigenvalue weighted by Gasteiger charge is 2.33. The first kappa shape index (κ1) is 8.75. The summed E-state index contributed by atoms with van der Waals surface area (Å²) in [5, 5.41) is 8.93. The summed E-state index contributed by atoms with van der Waals surface area (Å²) in [5.41, 5.74) is 1.06. The lowest BCUT2D eigenvalue weighted by molar-refractivity contribution is 0.117. The largest absolute Gasteiger partial charge is 0.396 e. The predicted octanol–water partition coefficient (Wildman–Crippen LogP) is 1.21. The van der Waals surface area contributed by atoms with Crippen molar-refractivity contribution in [2.45, 2.75) is 20.0 Å². The topological polar surface area (TPSA) is 29.5 Å². The van der Waals surface area contributed by atoms with Gasteiger partial charge < -0.3 is 9.84 Å². The van der Waals surface area contributed by atoms with E-state index in [-0.39, 0.29) is 12.7 Å². The van der Waals surface area contributed by atoms with Crippen LogP contribution in [-0.4, -0.2) is 24.4 Å². The molecule has 0 unspecified atom stereocenters. The van der Waals surface area contributed by atoms with E-state index >= 15 is 0 Å². The van der Waals surface area contributed by atoms with Crippen LogP contribution in [0.5, 0.6) is 0 Å². The van der Waals surface area contributed by atoms with E-state index in [9.17, 15) is 0 Å². The molecule has 0 radical (unpaired) electrons. The molecule has 0 aliphatic carbocycles. The first-order chi connectivity index (χ1) is 5.16. The first-order valence-electron chi connectivity index (χ1n) is 4.04. The predicted molar refractivity (Wildman–Crippen MR) is 44.3 cm³/mol. The van der Waals surface area contributed by atoms with Gasteiger partial charge in [-0.2, -0.15) is 0 Å². The first-order valence-corrected chi connectivity index (χ1v) is 4.04. The Balaban J connectivity index is 2.55. The molecule has 1 N–H and O–H groups in total. The molecule has 0 saturated carbocycles. The van der Waals surface area contributed by atoms with Crippen LogP contribution in [0.1, 0.15) is 13.8 Å². The molecule has 0 spiro atoms. The van der Waals surface area contributed by atoms with E-state index in [1.165, 1.54) is 0 Å². The minimum Gasteiger partial charge on any atom is -0.396 e. The molecule has 0 aromatic carbocycles. The van der Waals surface area contributed by atoms with Gasteiger partial charge in [0.1, 0.15) is 0 Å². The summed E-state index contributed by atoms with van der Waals surface area (Å²) in [4.78, 5) is 0. The summed E-state index contributed by atoms with van der Waals surface area (Å²) < 4.78 is 5.47. The van der Waals surface area contributed by atoms with E-state index in [1.54, 1.807) is 0 Å². The van der Waals surface area contributed by atoms with Crippen LogP contribution < -0.4 is 0 Å². The number of hydrogen-bond donors (Lipinski definition) is 1. The average molecular weight is 156 g/mol. The van der Waals surface area contributed by atoms with Crippen molar-refractivity contribution in [2.75, 3.05) is 13.2 Å². The lowest BCUT2D eigenvalue weighted by Gasteiger charge is -2.16. The molecule has 1 saturated heterocycles. The van der Waals surface area contributed by atoms with Crippen molar-refractivity contribution < 1.29 is 9.84 Å². The van der Waals surface area contributed by atoms with Crippen LogP contribution in [0.15, 0.2) is 12.2 Å². The van der Waals surface area contributed by atoms with Crippen molar-refractivity contribution in [1.29, 1.82) is 0 Å². The molecule has 3 atom stereocenters. The Bertz CT molecular complexity index is 154. The van der Waals surface area contributed by atoms with E-state index in [0.29, 0.717) is 18.4 Å². The van der Waals surface area contributed by atoms with Gasteiger partial charge in [-0.3, -0.25) is 0 Å². The lowest BCUT2D eigenvalue weighted by Crippen LogP contribution is -2.19. The molecule has 0 aromatic rings. The Morgan fingerprint density at radius 3 is 2.64 bits per heavy atom. The van der Waals surface area contributed by atoms with Gasteiger partial charge in [-0.25, -0.2) is 0 Å². The molecule has 1 rings (SSSR count). The normalized spacial score (nSPS) is 37.5. The van der Waals surface area contributed by atoms with Gasteiger partial charge in [0.05, 0.1) is 12.7 Å². The molecule has 0 bridgehead atoms. The molecule has 2 heteroatoms. The van der Waals surface area contributed by atoms with E-state index in [1.807, 2.05) is 6.92 Å². The Kier molecular flexibility index (Phi) is 2.68. The van der Waals surface area contributed by atoms with Gasteiger partial charge in [-0.1, -0.05) is 19.1 Å². The fourth-order valence-corrected chi connectivity index (χ4v) is 1.59. The van der Waals surface area contributed by atoms with Crippen LogP contribution in [0.25, 0.3) is 0 Å². The summed E-state index contributed by atoms with van der Waals surface area (Å²) in [7, 11) is 0.